The largest absolute Gasteiger partial charge is 0.335 e. The Morgan fingerprint density at radius 3 is 2.33 bits per heavy atom. The molecule has 0 bridgehead atoms. The summed E-state index contributed by atoms with van der Waals surface area (Å²) in [7, 11) is -3.03. The highest BCUT2D eigenvalue weighted by Gasteiger charge is 2.41. The van der Waals surface area contributed by atoms with Crippen molar-refractivity contribution in [2.24, 2.45) is 0 Å². The minimum Gasteiger partial charge on any atom is -0.335 e. The van der Waals surface area contributed by atoms with E-state index in [-0.39, 0.29) is 35.5 Å². The van der Waals surface area contributed by atoms with E-state index in [0.717, 1.165) is 49.1 Å². The van der Waals surface area contributed by atoms with Gasteiger partial charge < -0.3 is 4.90 Å². The zero-order valence-corrected chi connectivity index (χ0v) is 19.4. The van der Waals surface area contributed by atoms with Crippen LogP contribution in [0, 0.1) is 0 Å². The van der Waals surface area contributed by atoms with E-state index in [2.05, 4.69) is 11.8 Å². The Bertz CT molecular complexity index is 865. The van der Waals surface area contributed by atoms with E-state index >= 15 is 0 Å². The molecular weight excluding hydrogens is 420 g/mol. The van der Waals surface area contributed by atoms with Crippen LogP contribution in [0.3, 0.4) is 0 Å². The molecule has 2 atom stereocenters. The maximum atomic E-state index is 13.7. The molecular formula is C23H33ClN2O3S. The molecule has 1 saturated heterocycles. The van der Waals surface area contributed by atoms with E-state index in [1.807, 2.05) is 29.2 Å². The maximum absolute atomic E-state index is 13.7. The number of hydrogen-bond donors (Lipinski definition) is 0. The zero-order chi connectivity index (χ0) is 21.3. The van der Waals surface area contributed by atoms with E-state index in [1.54, 1.807) is 0 Å². The Hall–Kier alpha value is -1.11. The number of nitrogens with zero attached hydrogens (tertiary/aromatic N) is 2. The molecule has 1 heterocycles. The van der Waals surface area contributed by atoms with Crippen LogP contribution in [-0.2, 0) is 14.6 Å². The third kappa shape index (κ3) is 5.03. The molecule has 5 nitrogen and oxygen atoms in total. The average molecular weight is 453 g/mol. The Balaban J connectivity index is 1.54. The normalized spacial score (nSPS) is 25.4. The van der Waals surface area contributed by atoms with Crippen molar-refractivity contribution in [3.63, 3.8) is 0 Å². The van der Waals surface area contributed by atoms with Gasteiger partial charge in [-0.3, -0.25) is 9.69 Å². The summed E-state index contributed by atoms with van der Waals surface area (Å²) >= 11 is 6.46. The number of carbonyl (C=O) groups excluding carboxylic acids is 1. The average Bonchev–Trinajstić information content (AvgIpc) is 3.50. The first-order chi connectivity index (χ1) is 14.4. The lowest BCUT2D eigenvalue weighted by atomic mass is 9.92. The minimum absolute atomic E-state index is 0.0515. The van der Waals surface area contributed by atoms with Gasteiger partial charge in [-0.25, -0.2) is 8.42 Å². The molecule has 4 rings (SSSR count). The standard InChI is InChI=1S/C23H33ClN2O3S/c1-17(21-9-5-6-10-22(21)24)25(18-11-12-18)15-23(27)26(19-7-3-2-4-8-19)20-13-14-30(28,29)16-20/h5-6,9-10,17-20H,2-4,7-8,11-16H2,1H3. The van der Waals surface area contributed by atoms with Crippen molar-refractivity contribution in [3.05, 3.63) is 34.9 Å². The predicted molar refractivity (Wildman–Crippen MR) is 120 cm³/mol. The van der Waals surface area contributed by atoms with Crippen LogP contribution >= 0.6 is 11.6 Å². The van der Waals surface area contributed by atoms with E-state index < -0.39 is 9.84 Å². The Labute approximate surface area is 185 Å². The fourth-order valence-electron chi connectivity index (χ4n) is 5.28. The number of sulfone groups is 1. The van der Waals surface area contributed by atoms with E-state index in [1.165, 1.54) is 6.42 Å². The zero-order valence-electron chi connectivity index (χ0n) is 17.8. The molecule has 0 N–H and O–H groups in total. The molecule has 0 spiro atoms. The van der Waals surface area contributed by atoms with Crippen molar-refractivity contribution < 1.29 is 13.2 Å². The van der Waals surface area contributed by atoms with Gasteiger partial charge in [0, 0.05) is 29.2 Å². The first kappa shape index (κ1) is 22.1. The van der Waals surface area contributed by atoms with E-state index in [9.17, 15) is 13.2 Å². The highest BCUT2D eigenvalue weighted by Crippen LogP contribution is 2.37. The number of rotatable bonds is 7. The third-order valence-electron chi connectivity index (χ3n) is 7.04. The van der Waals surface area contributed by atoms with Crippen LogP contribution in [0.1, 0.15) is 69.9 Å². The molecule has 166 valence electrons. The molecule has 2 saturated carbocycles. The number of carbonyl (C=O) groups is 1. The van der Waals surface area contributed by atoms with Gasteiger partial charge in [0.1, 0.15) is 0 Å². The summed E-state index contributed by atoms with van der Waals surface area (Å²) in [6, 6.07) is 8.33. The Morgan fingerprint density at radius 1 is 1.03 bits per heavy atom. The highest BCUT2D eigenvalue weighted by atomic mass is 35.5. The second kappa shape index (κ2) is 9.17. The second-order valence-electron chi connectivity index (χ2n) is 9.25. The van der Waals surface area contributed by atoms with Crippen LogP contribution in [0.2, 0.25) is 5.02 Å². The first-order valence-corrected chi connectivity index (χ1v) is 13.6. The predicted octanol–water partition coefficient (Wildman–Crippen LogP) is 4.21. The lowest BCUT2D eigenvalue weighted by Gasteiger charge is -2.40. The lowest BCUT2D eigenvalue weighted by molar-refractivity contribution is -0.138. The molecule has 3 aliphatic rings. The van der Waals surface area contributed by atoms with Gasteiger partial charge in [0.05, 0.1) is 18.1 Å². The van der Waals surface area contributed by atoms with Gasteiger partial charge in [-0.15, -0.1) is 0 Å². The van der Waals surface area contributed by atoms with Gasteiger partial charge in [0.15, 0.2) is 9.84 Å². The molecule has 0 radical (unpaired) electrons. The molecule has 1 aromatic carbocycles. The van der Waals surface area contributed by atoms with Gasteiger partial charge >= 0.3 is 0 Å². The van der Waals surface area contributed by atoms with Crippen LogP contribution in [0.15, 0.2) is 24.3 Å². The molecule has 2 unspecified atom stereocenters. The maximum Gasteiger partial charge on any atom is 0.237 e. The molecule has 1 amide bonds. The fraction of sp³-hybridized carbons (Fsp3) is 0.696. The number of benzene rings is 1. The van der Waals surface area contributed by atoms with Gasteiger partial charge in [-0.2, -0.15) is 0 Å². The second-order valence-corrected chi connectivity index (χ2v) is 11.9. The minimum atomic E-state index is -3.03. The van der Waals surface area contributed by atoms with Crippen LogP contribution in [0.5, 0.6) is 0 Å². The molecule has 2 aliphatic carbocycles. The SMILES string of the molecule is CC(c1ccccc1Cl)N(CC(=O)N(C1CCCCC1)C1CCS(=O)(=O)C1)C1CC1. The quantitative estimate of drug-likeness (QED) is 0.621. The van der Waals surface area contributed by atoms with Gasteiger partial charge in [0.25, 0.3) is 0 Å². The van der Waals surface area contributed by atoms with Crippen LogP contribution in [0.4, 0.5) is 0 Å². The third-order valence-corrected chi connectivity index (χ3v) is 9.14. The summed E-state index contributed by atoms with van der Waals surface area (Å²) in [4.78, 5) is 17.9. The van der Waals surface area contributed by atoms with Crippen molar-refractivity contribution in [1.82, 2.24) is 9.80 Å². The summed E-state index contributed by atoms with van der Waals surface area (Å²) in [5.74, 6) is 0.421. The first-order valence-electron chi connectivity index (χ1n) is 11.4. The molecule has 1 aromatic rings. The molecule has 7 heteroatoms. The van der Waals surface area contributed by atoms with Gasteiger partial charge in [-0.1, -0.05) is 49.1 Å². The van der Waals surface area contributed by atoms with Crippen molar-refractivity contribution in [3.8, 4) is 0 Å². The summed E-state index contributed by atoms with van der Waals surface area (Å²) in [6.45, 7) is 2.46. The van der Waals surface area contributed by atoms with Crippen molar-refractivity contribution in [2.75, 3.05) is 18.1 Å². The van der Waals surface area contributed by atoms with E-state index in [0.29, 0.717) is 19.0 Å². The summed E-state index contributed by atoms with van der Waals surface area (Å²) in [6.07, 6.45) is 8.21. The topological polar surface area (TPSA) is 57.7 Å². The van der Waals surface area contributed by atoms with Gasteiger partial charge in [0.2, 0.25) is 5.91 Å². The lowest BCUT2D eigenvalue weighted by Crippen LogP contribution is -2.52. The smallest absolute Gasteiger partial charge is 0.237 e. The summed E-state index contributed by atoms with van der Waals surface area (Å²) in [5, 5.41) is 0.731. The summed E-state index contributed by atoms with van der Waals surface area (Å²) in [5.41, 5.74) is 1.05. The van der Waals surface area contributed by atoms with Gasteiger partial charge in [-0.05, 0) is 50.7 Å². The molecule has 1 aliphatic heterocycles. The molecule has 30 heavy (non-hydrogen) atoms. The van der Waals surface area contributed by atoms with Crippen LogP contribution < -0.4 is 0 Å². The van der Waals surface area contributed by atoms with Crippen LogP contribution in [0.25, 0.3) is 0 Å². The van der Waals surface area contributed by atoms with Crippen LogP contribution in [-0.4, -0.2) is 60.3 Å². The number of hydrogen-bond acceptors (Lipinski definition) is 4. The van der Waals surface area contributed by atoms with Crippen molar-refractivity contribution >= 4 is 27.3 Å². The number of halogens is 1. The Kier molecular flexibility index (Phi) is 6.76. The molecule has 3 fully saturated rings. The monoisotopic (exact) mass is 452 g/mol. The number of amides is 1. The fourth-order valence-corrected chi connectivity index (χ4v) is 7.28. The van der Waals surface area contributed by atoms with E-state index in [4.69, 9.17) is 11.6 Å². The summed E-state index contributed by atoms with van der Waals surface area (Å²) < 4.78 is 24.3. The Morgan fingerprint density at radius 2 is 1.73 bits per heavy atom. The van der Waals surface area contributed by atoms with Crippen molar-refractivity contribution in [2.45, 2.75) is 82.5 Å². The molecule has 0 aromatic heterocycles. The highest BCUT2D eigenvalue weighted by molar-refractivity contribution is 7.91. The van der Waals surface area contributed by atoms with Crippen molar-refractivity contribution in [1.29, 1.82) is 0 Å².